The van der Waals surface area contributed by atoms with Crippen molar-refractivity contribution in [3.8, 4) is 6.07 Å². The van der Waals surface area contributed by atoms with E-state index in [0.717, 1.165) is 6.07 Å². The van der Waals surface area contributed by atoms with Gasteiger partial charge in [0.2, 0.25) is 0 Å². The monoisotopic (exact) mass is 322 g/mol. The van der Waals surface area contributed by atoms with E-state index in [1.165, 1.54) is 24.3 Å². The second-order valence-electron chi connectivity index (χ2n) is 4.22. The lowest BCUT2D eigenvalue weighted by Gasteiger charge is -2.08. The van der Waals surface area contributed by atoms with Crippen molar-refractivity contribution < 1.29 is 9.18 Å². The van der Waals surface area contributed by atoms with E-state index in [-0.39, 0.29) is 28.3 Å². The van der Waals surface area contributed by atoms with Crippen molar-refractivity contribution in [2.75, 3.05) is 0 Å². The summed E-state index contributed by atoms with van der Waals surface area (Å²) in [5, 5.41) is 11.9. The number of carbonyl (C=O) groups excluding carboxylic acids is 1. The predicted molar refractivity (Wildman–Crippen MR) is 78.7 cm³/mol. The third kappa shape index (κ3) is 3.72. The summed E-state index contributed by atoms with van der Waals surface area (Å²) in [5.41, 5.74) is 0.769. The summed E-state index contributed by atoms with van der Waals surface area (Å²) in [6, 6.07) is 10.4. The maximum atomic E-state index is 13.7. The first-order valence-electron chi connectivity index (χ1n) is 5.93. The molecule has 106 valence electrons. The molecule has 0 aliphatic heterocycles. The Bertz CT molecular complexity index is 741. The fourth-order valence-corrected chi connectivity index (χ4v) is 2.20. The highest BCUT2D eigenvalue weighted by Crippen LogP contribution is 2.21. The molecule has 0 aliphatic rings. The van der Waals surface area contributed by atoms with Gasteiger partial charge in [0, 0.05) is 17.1 Å². The lowest BCUT2D eigenvalue weighted by molar-refractivity contribution is 0.0951. The number of benzene rings is 2. The third-order valence-electron chi connectivity index (χ3n) is 2.80. The fraction of sp³-hybridized carbons (Fsp3) is 0.0667. The van der Waals surface area contributed by atoms with Gasteiger partial charge in [0.05, 0.1) is 22.2 Å². The zero-order chi connectivity index (χ0) is 15.4. The summed E-state index contributed by atoms with van der Waals surface area (Å²) in [4.78, 5) is 12.0. The van der Waals surface area contributed by atoms with Crippen molar-refractivity contribution in [2.24, 2.45) is 0 Å². The van der Waals surface area contributed by atoms with Gasteiger partial charge in [-0.25, -0.2) is 4.39 Å². The number of halogens is 3. The Kier molecular flexibility index (Phi) is 4.79. The van der Waals surface area contributed by atoms with Gasteiger partial charge >= 0.3 is 0 Å². The molecule has 6 heteroatoms. The molecule has 2 aromatic carbocycles. The number of nitrogens with one attached hydrogen (secondary N) is 1. The molecule has 0 spiro atoms. The molecule has 0 unspecified atom stereocenters. The van der Waals surface area contributed by atoms with E-state index in [4.69, 9.17) is 28.5 Å². The topological polar surface area (TPSA) is 52.9 Å². The molecular formula is C15H9Cl2FN2O. The van der Waals surface area contributed by atoms with Crippen LogP contribution in [0.1, 0.15) is 21.5 Å². The van der Waals surface area contributed by atoms with Gasteiger partial charge in [0.25, 0.3) is 5.91 Å². The second kappa shape index (κ2) is 6.57. The largest absolute Gasteiger partial charge is 0.348 e. The van der Waals surface area contributed by atoms with Gasteiger partial charge in [-0.15, -0.1) is 0 Å². The smallest absolute Gasteiger partial charge is 0.253 e. The molecule has 3 nitrogen and oxygen atoms in total. The molecule has 0 aromatic heterocycles. The summed E-state index contributed by atoms with van der Waals surface area (Å²) in [7, 11) is 0. The summed E-state index contributed by atoms with van der Waals surface area (Å²) in [5.74, 6) is -0.975. The number of rotatable bonds is 3. The molecule has 0 saturated carbocycles. The normalized spacial score (nSPS) is 10.0. The Hall–Kier alpha value is -2.09. The van der Waals surface area contributed by atoms with Crippen LogP contribution in [0.4, 0.5) is 4.39 Å². The highest BCUT2D eigenvalue weighted by molar-refractivity contribution is 6.36. The molecule has 0 aliphatic carbocycles. The Morgan fingerprint density at radius 1 is 1.24 bits per heavy atom. The standard InChI is InChI=1S/C15H9Cl2FN2O/c16-11-3-4-12(13(17)6-11)15(21)20-8-10-2-1-9(7-19)5-14(10)18/h1-6H,8H2,(H,20,21). The van der Waals surface area contributed by atoms with E-state index in [1.807, 2.05) is 6.07 Å². The van der Waals surface area contributed by atoms with Gasteiger partial charge in [-0.3, -0.25) is 4.79 Å². The van der Waals surface area contributed by atoms with Crippen LogP contribution >= 0.6 is 23.2 Å². The highest BCUT2D eigenvalue weighted by Gasteiger charge is 2.11. The molecule has 2 aromatic rings. The Labute approximate surface area is 130 Å². The average molecular weight is 323 g/mol. The van der Waals surface area contributed by atoms with Crippen LogP contribution in [-0.4, -0.2) is 5.91 Å². The zero-order valence-electron chi connectivity index (χ0n) is 10.7. The minimum atomic E-state index is -0.545. The Balaban J connectivity index is 2.09. The number of nitrogens with zero attached hydrogens (tertiary/aromatic N) is 1. The van der Waals surface area contributed by atoms with E-state index >= 15 is 0 Å². The molecule has 0 atom stereocenters. The van der Waals surface area contributed by atoms with Crippen LogP contribution in [0, 0.1) is 17.1 Å². The van der Waals surface area contributed by atoms with Crippen molar-refractivity contribution in [1.82, 2.24) is 5.32 Å². The van der Waals surface area contributed by atoms with Gasteiger partial charge in [-0.2, -0.15) is 5.26 Å². The maximum absolute atomic E-state index is 13.7. The van der Waals surface area contributed by atoms with Gasteiger partial charge in [-0.05, 0) is 30.3 Å². The molecule has 0 fully saturated rings. The lowest BCUT2D eigenvalue weighted by atomic mass is 10.1. The third-order valence-corrected chi connectivity index (χ3v) is 3.35. The van der Waals surface area contributed by atoms with Crippen molar-refractivity contribution in [3.05, 3.63) is 69.0 Å². The molecule has 0 saturated heterocycles. The number of nitriles is 1. The van der Waals surface area contributed by atoms with Crippen molar-refractivity contribution in [3.63, 3.8) is 0 Å². The average Bonchev–Trinajstić information content (AvgIpc) is 2.45. The molecule has 21 heavy (non-hydrogen) atoms. The number of carbonyl (C=O) groups is 1. The van der Waals surface area contributed by atoms with Gasteiger partial charge < -0.3 is 5.32 Å². The molecule has 1 N–H and O–H groups in total. The van der Waals surface area contributed by atoms with E-state index < -0.39 is 11.7 Å². The van der Waals surface area contributed by atoms with E-state index in [9.17, 15) is 9.18 Å². The van der Waals surface area contributed by atoms with Crippen LogP contribution in [0.15, 0.2) is 36.4 Å². The fourth-order valence-electron chi connectivity index (χ4n) is 1.70. The van der Waals surface area contributed by atoms with E-state index in [1.54, 1.807) is 6.07 Å². The summed E-state index contributed by atoms with van der Waals surface area (Å²) in [6.45, 7) is -0.00463. The van der Waals surface area contributed by atoms with Crippen LogP contribution in [0.25, 0.3) is 0 Å². The quantitative estimate of drug-likeness (QED) is 0.930. The molecule has 1 amide bonds. The van der Waals surface area contributed by atoms with Crippen LogP contribution in [0.5, 0.6) is 0 Å². The first kappa shape index (κ1) is 15.3. The minimum Gasteiger partial charge on any atom is -0.348 e. The molecule has 0 bridgehead atoms. The summed E-state index contributed by atoms with van der Waals surface area (Å²) in [6.07, 6.45) is 0. The van der Waals surface area contributed by atoms with Crippen molar-refractivity contribution >= 4 is 29.1 Å². The number of amides is 1. The van der Waals surface area contributed by atoms with E-state index in [0.29, 0.717) is 5.02 Å². The van der Waals surface area contributed by atoms with Crippen LogP contribution < -0.4 is 5.32 Å². The van der Waals surface area contributed by atoms with Gasteiger partial charge in [0.15, 0.2) is 0 Å². The second-order valence-corrected chi connectivity index (χ2v) is 5.07. The van der Waals surface area contributed by atoms with Crippen LogP contribution in [-0.2, 0) is 6.54 Å². The summed E-state index contributed by atoms with van der Waals surface area (Å²) < 4.78 is 13.7. The Morgan fingerprint density at radius 3 is 2.62 bits per heavy atom. The highest BCUT2D eigenvalue weighted by atomic mass is 35.5. The molecular weight excluding hydrogens is 314 g/mol. The molecule has 2 rings (SSSR count). The number of hydrogen-bond acceptors (Lipinski definition) is 2. The number of hydrogen-bond donors (Lipinski definition) is 1. The van der Waals surface area contributed by atoms with Crippen molar-refractivity contribution in [1.29, 1.82) is 5.26 Å². The molecule has 0 heterocycles. The van der Waals surface area contributed by atoms with Gasteiger partial charge in [0.1, 0.15) is 5.82 Å². The Morgan fingerprint density at radius 2 is 2.00 bits per heavy atom. The minimum absolute atomic E-state index is 0.00463. The molecule has 0 radical (unpaired) electrons. The van der Waals surface area contributed by atoms with Crippen molar-refractivity contribution in [2.45, 2.75) is 6.54 Å². The predicted octanol–water partition coefficient (Wildman–Crippen LogP) is 3.93. The van der Waals surface area contributed by atoms with Gasteiger partial charge in [-0.1, -0.05) is 29.3 Å². The first-order chi connectivity index (χ1) is 10.0. The first-order valence-corrected chi connectivity index (χ1v) is 6.68. The lowest BCUT2D eigenvalue weighted by Crippen LogP contribution is -2.23. The zero-order valence-corrected chi connectivity index (χ0v) is 12.2. The van der Waals surface area contributed by atoms with E-state index in [2.05, 4.69) is 5.32 Å². The summed E-state index contributed by atoms with van der Waals surface area (Å²) >= 11 is 11.7. The maximum Gasteiger partial charge on any atom is 0.253 e. The van der Waals surface area contributed by atoms with Crippen LogP contribution in [0.2, 0.25) is 10.0 Å². The van der Waals surface area contributed by atoms with Crippen LogP contribution in [0.3, 0.4) is 0 Å². The SMILES string of the molecule is N#Cc1ccc(CNC(=O)c2ccc(Cl)cc2Cl)c(F)c1.